The maximum Gasteiger partial charge on any atom is 0.00418 e. The topological polar surface area (TPSA) is 12.0 Å². The Labute approximate surface area is 112 Å². The summed E-state index contributed by atoms with van der Waals surface area (Å²) in [5, 5.41) is 3.67. The number of nitrogens with one attached hydrogen (secondary N) is 1. The van der Waals surface area contributed by atoms with Gasteiger partial charge in [0.25, 0.3) is 0 Å². The van der Waals surface area contributed by atoms with Gasteiger partial charge in [0.2, 0.25) is 0 Å². The molecule has 0 aromatic heterocycles. The number of hydrogen-bond acceptors (Lipinski definition) is 1. The number of rotatable bonds is 7. The minimum absolute atomic E-state index is 0.644. The fourth-order valence-electron chi connectivity index (χ4n) is 2.67. The Hall–Kier alpha value is -0.820. The lowest BCUT2D eigenvalue weighted by molar-refractivity contribution is 0.287. The second-order valence-corrected chi connectivity index (χ2v) is 5.97. The van der Waals surface area contributed by atoms with Gasteiger partial charge in [0.15, 0.2) is 0 Å². The van der Waals surface area contributed by atoms with Crippen molar-refractivity contribution in [3.05, 3.63) is 35.4 Å². The van der Waals surface area contributed by atoms with E-state index in [4.69, 9.17) is 0 Å². The van der Waals surface area contributed by atoms with Crippen molar-refractivity contribution < 1.29 is 0 Å². The lowest BCUT2D eigenvalue weighted by Gasteiger charge is -2.26. The van der Waals surface area contributed by atoms with E-state index in [0.717, 1.165) is 5.92 Å². The number of hydrogen-bond donors (Lipinski definition) is 1. The molecular formula is C17H27N. The number of benzene rings is 1. The van der Waals surface area contributed by atoms with Crippen LogP contribution in [-0.2, 0) is 6.42 Å². The van der Waals surface area contributed by atoms with E-state index in [0.29, 0.717) is 6.04 Å². The highest BCUT2D eigenvalue weighted by molar-refractivity contribution is 5.22. The summed E-state index contributed by atoms with van der Waals surface area (Å²) in [6.07, 6.45) is 8.23. The Bertz CT molecular complexity index is 354. The van der Waals surface area contributed by atoms with Crippen LogP contribution in [0, 0.1) is 12.8 Å². The maximum absolute atomic E-state index is 3.67. The molecule has 1 atom stereocenters. The Kier molecular flexibility index (Phi) is 5.25. The van der Waals surface area contributed by atoms with Crippen LogP contribution in [0.25, 0.3) is 0 Å². The molecule has 1 saturated carbocycles. The molecule has 1 nitrogen and oxygen atoms in total. The minimum atomic E-state index is 0.644. The second kappa shape index (κ2) is 6.94. The second-order valence-electron chi connectivity index (χ2n) is 5.97. The SMILES string of the molecule is Cc1cccc(CCC(C)NCCC2CCC2)c1. The van der Waals surface area contributed by atoms with Crippen molar-refractivity contribution in [2.45, 2.75) is 58.4 Å². The third-order valence-electron chi connectivity index (χ3n) is 4.22. The molecule has 2 rings (SSSR count). The Balaban J connectivity index is 1.60. The number of aryl methyl sites for hydroxylation is 2. The Morgan fingerprint density at radius 2 is 2.17 bits per heavy atom. The highest BCUT2D eigenvalue weighted by Crippen LogP contribution is 2.28. The first kappa shape index (κ1) is 13.6. The van der Waals surface area contributed by atoms with Crippen LogP contribution in [-0.4, -0.2) is 12.6 Å². The van der Waals surface area contributed by atoms with Crippen LogP contribution in [0.4, 0.5) is 0 Å². The molecule has 0 amide bonds. The largest absolute Gasteiger partial charge is 0.314 e. The molecule has 0 radical (unpaired) electrons. The highest BCUT2D eigenvalue weighted by Gasteiger charge is 2.16. The molecule has 0 aliphatic heterocycles. The summed E-state index contributed by atoms with van der Waals surface area (Å²) in [7, 11) is 0. The molecule has 1 heteroatoms. The molecule has 0 spiro atoms. The predicted octanol–water partition coefficient (Wildman–Crippen LogP) is 4.10. The van der Waals surface area contributed by atoms with Crippen LogP contribution in [0.1, 0.15) is 50.2 Å². The fraction of sp³-hybridized carbons (Fsp3) is 0.647. The van der Waals surface area contributed by atoms with E-state index in [2.05, 4.69) is 43.4 Å². The van der Waals surface area contributed by atoms with Gasteiger partial charge in [0.05, 0.1) is 0 Å². The predicted molar refractivity (Wildman–Crippen MR) is 78.9 cm³/mol. The van der Waals surface area contributed by atoms with Crippen LogP contribution in [0.5, 0.6) is 0 Å². The van der Waals surface area contributed by atoms with E-state index >= 15 is 0 Å². The van der Waals surface area contributed by atoms with Gasteiger partial charge in [0, 0.05) is 6.04 Å². The van der Waals surface area contributed by atoms with Crippen molar-refractivity contribution in [2.24, 2.45) is 5.92 Å². The normalized spacial score (nSPS) is 17.4. The average molecular weight is 245 g/mol. The fourth-order valence-corrected chi connectivity index (χ4v) is 2.67. The summed E-state index contributed by atoms with van der Waals surface area (Å²) < 4.78 is 0. The summed E-state index contributed by atoms with van der Waals surface area (Å²) in [6, 6.07) is 9.53. The van der Waals surface area contributed by atoms with Gasteiger partial charge in [-0.2, -0.15) is 0 Å². The third-order valence-corrected chi connectivity index (χ3v) is 4.22. The third kappa shape index (κ3) is 4.45. The minimum Gasteiger partial charge on any atom is -0.314 e. The molecule has 100 valence electrons. The molecule has 1 aromatic carbocycles. The molecule has 1 N–H and O–H groups in total. The van der Waals surface area contributed by atoms with Crippen LogP contribution in [0.2, 0.25) is 0 Å². The zero-order chi connectivity index (χ0) is 12.8. The van der Waals surface area contributed by atoms with Gasteiger partial charge in [-0.05, 0) is 51.1 Å². The molecule has 0 bridgehead atoms. The van der Waals surface area contributed by atoms with Crippen LogP contribution in [0.3, 0.4) is 0 Å². The van der Waals surface area contributed by atoms with Gasteiger partial charge < -0.3 is 5.32 Å². The molecule has 1 aliphatic carbocycles. The van der Waals surface area contributed by atoms with E-state index in [1.54, 1.807) is 0 Å². The molecule has 1 aromatic rings. The van der Waals surface area contributed by atoms with E-state index in [1.165, 1.54) is 56.2 Å². The molecule has 1 unspecified atom stereocenters. The van der Waals surface area contributed by atoms with Crippen molar-refractivity contribution in [3.8, 4) is 0 Å². The van der Waals surface area contributed by atoms with Gasteiger partial charge in [0.1, 0.15) is 0 Å². The molecular weight excluding hydrogens is 218 g/mol. The quantitative estimate of drug-likeness (QED) is 0.762. The van der Waals surface area contributed by atoms with Gasteiger partial charge in [-0.3, -0.25) is 0 Å². The van der Waals surface area contributed by atoms with Gasteiger partial charge in [-0.25, -0.2) is 0 Å². The summed E-state index contributed by atoms with van der Waals surface area (Å²) in [5.74, 6) is 1.03. The van der Waals surface area contributed by atoms with Gasteiger partial charge >= 0.3 is 0 Å². The first-order valence-corrected chi connectivity index (χ1v) is 7.53. The zero-order valence-electron chi connectivity index (χ0n) is 11.9. The molecule has 1 aliphatic rings. The van der Waals surface area contributed by atoms with Crippen LogP contribution < -0.4 is 5.32 Å². The Morgan fingerprint density at radius 1 is 1.33 bits per heavy atom. The van der Waals surface area contributed by atoms with Crippen molar-refractivity contribution >= 4 is 0 Å². The Morgan fingerprint density at radius 3 is 2.83 bits per heavy atom. The first-order chi connectivity index (χ1) is 8.74. The summed E-state index contributed by atoms with van der Waals surface area (Å²) >= 11 is 0. The molecule has 1 fully saturated rings. The van der Waals surface area contributed by atoms with Crippen LogP contribution >= 0.6 is 0 Å². The van der Waals surface area contributed by atoms with E-state index < -0.39 is 0 Å². The lowest BCUT2D eigenvalue weighted by Crippen LogP contribution is -2.29. The van der Waals surface area contributed by atoms with E-state index in [1.807, 2.05) is 0 Å². The van der Waals surface area contributed by atoms with Gasteiger partial charge in [-0.15, -0.1) is 0 Å². The molecule has 0 heterocycles. The van der Waals surface area contributed by atoms with Crippen molar-refractivity contribution in [2.75, 3.05) is 6.54 Å². The van der Waals surface area contributed by atoms with E-state index in [-0.39, 0.29) is 0 Å². The standard InChI is InChI=1S/C17H27N/c1-14-5-3-8-17(13-14)10-9-15(2)18-12-11-16-6-4-7-16/h3,5,8,13,15-16,18H,4,6-7,9-12H2,1-2H3. The maximum atomic E-state index is 3.67. The first-order valence-electron chi connectivity index (χ1n) is 7.53. The van der Waals surface area contributed by atoms with Crippen molar-refractivity contribution in [1.82, 2.24) is 5.32 Å². The monoisotopic (exact) mass is 245 g/mol. The summed E-state index contributed by atoms with van der Waals surface area (Å²) in [4.78, 5) is 0. The lowest BCUT2D eigenvalue weighted by atomic mass is 9.83. The van der Waals surface area contributed by atoms with Crippen molar-refractivity contribution in [3.63, 3.8) is 0 Å². The summed E-state index contributed by atoms with van der Waals surface area (Å²) in [5.41, 5.74) is 2.85. The average Bonchev–Trinajstić information content (AvgIpc) is 2.30. The van der Waals surface area contributed by atoms with Gasteiger partial charge in [-0.1, -0.05) is 49.1 Å². The highest BCUT2D eigenvalue weighted by atomic mass is 14.9. The van der Waals surface area contributed by atoms with Crippen molar-refractivity contribution in [1.29, 1.82) is 0 Å². The van der Waals surface area contributed by atoms with E-state index in [9.17, 15) is 0 Å². The smallest absolute Gasteiger partial charge is 0.00418 e. The molecule has 18 heavy (non-hydrogen) atoms. The van der Waals surface area contributed by atoms with Crippen LogP contribution in [0.15, 0.2) is 24.3 Å². The molecule has 0 saturated heterocycles. The zero-order valence-corrected chi connectivity index (χ0v) is 11.9. The summed E-state index contributed by atoms with van der Waals surface area (Å²) in [6.45, 7) is 5.69.